The monoisotopic (exact) mass is 337 g/mol. The van der Waals surface area contributed by atoms with Crippen molar-refractivity contribution in [3.63, 3.8) is 0 Å². The van der Waals surface area contributed by atoms with E-state index in [4.69, 9.17) is 4.42 Å². The molecule has 0 N–H and O–H groups in total. The molecule has 0 unspecified atom stereocenters. The Kier molecular flexibility index (Phi) is 3.60. The molecule has 25 heavy (non-hydrogen) atoms. The Morgan fingerprint density at radius 2 is 1.56 bits per heavy atom. The third kappa shape index (κ3) is 2.51. The van der Waals surface area contributed by atoms with Gasteiger partial charge in [-0.15, -0.1) is 0 Å². The summed E-state index contributed by atoms with van der Waals surface area (Å²) in [6, 6.07) is 5.16. The van der Waals surface area contributed by atoms with Crippen LogP contribution >= 0.6 is 0 Å². The molecule has 1 aliphatic carbocycles. The number of imide groups is 1. The van der Waals surface area contributed by atoms with Crippen LogP contribution in [0.2, 0.25) is 0 Å². The molecule has 1 aromatic carbocycles. The van der Waals surface area contributed by atoms with Gasteiger partial charge in [0, 0.05) is 11.5 Å². The van der Waals surface area contributed by atoms with Gasteiger partial charge in [0.15, 0.2) is 0 Å². The van der Waals surface area contributed by atoms with Crippen LogP contribution in [0.15, 0.2) is 39.6 Å². The molecule has 0 bridgehead atoms. The quantitative estimate of drug-likeness (QED) is 0.480. The molecule has 0 radical (unpaired) electrons. The summed E-state index contributed by atoms with van der Waals surface area (Å²) in [5.41, 5.74) is 2.77. The lowest BCUT2D eigenvalue weighted by molar-refractivity contribution is -0.140. The van der Waals surface area contributed by atoms with Gasteiger partial charge in [0.05, 0.1) is 18.4 Å². The zero-order valence-corrected chi connectivity index (χ0v) is 14.2. The molecule has 2 aromatic rings. The van der Waals surface area contributed by atoms with Gasteiger partial charge in [-0.25, -0.2) is 4.79 Å². The van der Waals surface area contributed by atoms with Crippen molar-refractivity contribution >= 4 is 22.8 Å². The number of benzene rings is 1. The Morgan fingerprint density at radius 1 is 0.960 bits per heavy atom. The molecule has 128 valence electrons. The van der Waals surface area contributed by atoms with Crippen molar-refractivity contribution in [2.75, 3.05) is 0 Å². The predicted molar refractivity (Wildman–Crippen MR) is 92.9 cm³/mol. The average Bonchev–Trinajstić information content (AvgIpc) is 2.82. The SMILES string of the molecule is Cc1cc2oc(=O)cc(CN3C(=O)[C@@H]4CC=CC[C@H]4C3=O)c2cc1C. The standard InChI is InChI=1S/C20H19NO4/c1-11-7-16-13(9-18(22)25-17(16)8-12(11)2)10-21-19(23)14-5-3-4-6-15(14)20(21)24/h3-4,7-9,14-15H,5-6,10H2,1-2H3/t14-,15-/m1/s1. The summed E-state index contributed by atoms with van der Waals surface area (Å²) in [6.07, 6.45) is 5.16. The van der Waals surface area contributed by atoms with Crippen LogP contribution < -0.4 is 5.63 Å². The molecule has 2 amide bonds. The first kappa shape index (κ1) is 15.8. The van der Waals surface area contributed by atoms with Gasteiger partial charge in [-0.1, -0.05) is 12.2 Å². The number of nitrogens with zero attached hydrogens (tertiary/aromatic N) is 1. The number of likely N-dealkylation sites (tertiary alicyclic amines) is 1. The molecular formula is C20H19NO4. The summed E-state index contributed by atoms with van der Waals surface area (Å²) in [7, 11) is 0. The highest BCUT2D eigenvalue weighted by molar-refractivity contribution is 6.05. The summed E-state index contributed by atoms with van der Waals surface area (Å²) < 4.78 is 5.30. The molecule has 4 rings (SSSR count). The zero-order chi connectivity index (χ0) is 17.7. The molecule has 2 aliphatic rings. The first-order chi connectivity index (χ1) is 12.0. The van der Waals surface area contributed by atoms with Gasteiger partial charge < -0.3 is 4.42 Å². The van der Waals surface area contributed by atoms with Crippen molar-refractivity contribution in [1.29, 1.82) is 0 Å². The Labute approximate surface area is 144 Å². The van der Waals surface area contributed by atoms with Crippen LogP contribution in [0.1, 0.15) is 29.5 Å². The third-order valence-corrected chi connectivity index (χ3v) is 5.37. The summed E-state index contributed by atoms with van der Waals surface area (Å²) in [4.78, 5) is 38.6. The van der Waals surface area contributed by atoms with Crippen molar-refractivity contribution < 1.29 is 14.0 Å². The number of aryl methyl sites for hydroxylation is 2. The van der Waals surface area contributed by atoms with E-state index in [9.17, 15) is 14.4 Å². The normalized spacial score (nSPS) is 22.7. The highest BCUT2D eigenvalue weighted by atomic mass is 16.4. The van der Waals surface area contributed by atoms with Crippen LogP contribution in [-0.2, 0) is 16.1 Å². The van der Waals surface area contributed by atoms with E-state index in [-0.39, 0.29) is 30.2 Å². The van der Waals surface area contributed by atoms with Gasteiger partial charge in [-0.2, -0.15) is 0 Å². The van der Waals surface area contributed by atoms with Crippen LogP contribution in [-0.4, -0.2) is 16.7 Å². The van der Waals surface area contributed by atoms with E-state index in [1.54, 1.807) is 0 Å². The molecule has 5 heteroatoms. The van der Waals surface area contributed by atoms with Gasteiger partial charge in [0.25, 0.3) is 0 Å². The van der Waals surface area contributed by atoms with Crippen molar-refractivity contribution in [3.8, 4) is 0 Å². The topological polar surface area (TPSA) is 67.6 Å². The molecule has 1 aliphatic heterocycles. The minimum atomic E-state index is -0.469. The van der Waals surface area contributed by atoms with Gasteiger partial charge in [-0.3, -0.25) is 14.5 Å². The van der Waals surface area contributed by atoms with E-state index in [1.165, 1.54) is 11.0 Å². The Bertz CT molecular complexity index is 959. The highest BCUT2D eigenvalue weighted by Gasteiger charge is 2.47. The molecule has 1 aromatic heterocycles. The van der Waals surface area contributed by atoms with Gasteiger partial charge in [-0.05, 0) is 55.5 Å². The molecule has 0 spiro atoms. The van der Waals surface area contributed by atoms with Crippen LogP contribution in [0.3, 0.4) is 0 Å². The number of allylic oxidation sites excluding steroid dienone is 2. The van der Waals surface area contributed by atoms with Crippen LogP contribution in [0.25, 0.3) is 11.0 Å². The number of rotatable bonds is 2. The van der Waals surface area contributed by atoms with Crippen molar-refractivity contribution in [2.45, 2.75) is 33.2 Å². The van der Waals surface area contributed by atoms with E-state index in [2.05, 4.69) is 0 Å². The first-order valence-electron chi connectivity index (χ1n) is 8.50. The fraction of sp³-hybridized carbons (Fsp3) is 0.350. The average molecular weight is 337 g/mol. The number of carbonyl (C=O) groups excluding carboxylic acids is 2. The molecule has 5 nitrogen and oxygen atoms in total. The Morgan fingerprint density at radius 3 is 2.20 bits per heavy atom. The lowest BCUT2D eigenvalue weighted by Crippen LogP contribution is -2.31. The van der Waals surface area contributed by atoms with Crippen molar-refractivity contribution in [2.24, 2.45) is 11.8 Å². The highest BCUT2D eigenvalue weighted by Crippen LogP contribution is 2.36. The second kappa shape index (κ2) is 5.69. The number of hydrogen-bond donors (Lipinski definition) is 0. The van der Waals surface area contributed by atoms with Crippen LogP contribution in [0.4, 0.5) is 0 Å². The fourth-order valence-electron chi connectivity index (χ4n) is 3.81. The minimum absolute atomic E-state index is 0.120. The van der Waals surface area contributed by atoms with E-state index < -0.39 is 5.63 Å². The maximum Gasteiger partial charge on any atom is 0.336 e. The van der Waals surface area contributed by atoms with E-state index in [1.807, 2.05) is 38.1 Å². The van der Waals surface area contributed by atoms with Crippen molar-refractivity contribution in [1.82, 2.24) is 4.90 Å². The number of amides is 2. The largest absolute Gasteiger partial charge is 0.423 e. The van der Waals surface area contributed by atoms with E-state index in [0.717, 1.165) is 16.5 Å². The lowest BCUT2D eigenvalue weighted by atomic mass is 9.85. The smallest absolute Gasteiger partial charge is 0.336 e. The number of carbonyl (C=O) groups is 2. The second-order valence-electron chi connectivity index (χ2n) is 6.94. The molecular weight excluding hydrogens is 318 g/mol. The summed E-state index contributed by atoms with van der Waals surface area (Å²) in [5.74, 6) is -0.783. The first-order valence-corrected chi connectivity index (χ1v) is 8.50. The van der Waals surface area contributed by atoms with Gasteiger partial charge in [0.2, 0.25) is 11.8 Å². The fourth-order valence-corrected chi connectivity index (χ4v) is 3.81. The van der Waals surface area contributed by atoms with Crippen molar-refractivity contribution in [3.05, 3.63) is 57.5 Å². The minimum Gasteiger partial charge on any atom is -0.423 e. The van der Waals surface area contributed by atoms with Gasteiger partial charge >= 0.3 is 5.63 Å². The number of hydrogen-bond acceptors (Lipinski definition) is 4. The Balaban J connectivity index is 1.76. The maximum absolute atomic E-state index is 12.7. The lowest BCUT2D eigenvalue weighted by Gasteiger charge is -2.16. The molecule has 2 heterocycles. The zero-order valence-electron chi connectivity index (χ0n) is 14.2. The summed E-state index contributed by atoms with van der Waals surface area (Å²) in [5, 5.41) is 0.774. The van der Waals surface area contributed by atoms with Crippen LogP contribution in [0, 0.1) is 25.7 Å². The van der Waals surface area contributed by atoms with E-state index in [0.29, 0.717) is 24.0 Å². The second-order valence-corrected chi connectivity index (χ2v) is 6.94. The third-order valence-electron chi connectivity index (χ3n) is 5.37. The predicted octanol–water partition coefficient (Wildman–Crippen LogP) is 2.86. The molecule has 1 saturated heterocycles. The Hall–Kier alpha value is -2.69. The summed E-state index contributed by atoms with van der Waals surface area (Å²) >= 11 is 0. The van der Waals surface area contributed by atoms with Crippen LogP contribution in [0.5, 0.6) is 0 Å². The number of fused-ring (bicyclic) bond motifs is 2. The molecule has 0 saturated carbocycles. The summed E-state index contributed by atoms with van der Waals surface area (Å²) in [6.45, 7) is 4.05. The van der Waals surface area contributed by atoms with E-state index >= 15 is 0 Å². The van der Waals surface area contributed by atoms with Gasteiger partial charge in [0.1, 0.15) is 5.58 Å². The molecule has 2 atom stereocenters. The molecule has 1 fully saturated rings. The maximum atomic E-state index is 12.7.